The minimum absolute atomic E-state index is 0.256. The van der Waals surface area contributed by atoms with Crippen molar-refractivity contribution < 1.29 is 9.84 Å². The number of nitrogens with one attached hydrogen (secondary N) is 1. The van der Waals surface area contributed by atoms with Crippen LogP contribution >= 0.6 is 11.8 Å². The second-order valence-corrected chi connectivity index (χ2v) is 5.86. The van der Waals surface area contributed by atoms with Gasteiger partial charge in [-0.15, -0.1) is 0 Å². The number of rotatable bonds is 9. The average Bonchev–Trinajstić information content (AvgIpc) is 2.40. The van der Waals surface area contributed by atoms with Crippen LogP contribution in [0.1, 0.15) is 32.8 Å². The second-order valence-electron chi connectivity index (χ2n) is 4.46. The normalized spacial score (nSPS) is 12.4. The number of benzene rings is 1. The van der Waals surface area contributed by atoms with E-state index in [1.54, 1.807) is 6.07 Å². The van der Waals surface area contributed by atoms with Crippen molar-refractivity contribution in [2.75, 3.05) is 18.1 Å². The van der Waals surface area contributed by atoms with Gasteiger partial charge in [-0.3, -0.25) is 0 Å². The van der Waals surface area contributed by atoms with Crippen LogP contribution in [0, 0.1) is 0 Å². The predicted octanol–water partition coefficient (Wildman–Crippen LogP) is 3.41. The molecule has 0 saturated carbocycles. The van der Waals surface area contributed by atoms with Crippen molar-refractivity contribution in [3.05, 3.63) is 23.8 Å². The van der Waals surface area contributed by atoms with Crippen molar-refractivity contribution in [1.82, 2.24) is 5.32 Å². The van der Waals surface area contributed by atoms with Gasteiger partial charge >= 0.3 is 0 Å². The smallest absolute Gasteiger partial charge is 0.162 e. The fourth-order valence-corrected chi connectivity index (χ4v) is 2.58. The lowest BCUT2D eigenvalue weighted by molar-refractivity contribution is 0.316. The van der Waals surface area contributed by atoms with Crippen LogP contribution < -0.4 is 10.1 Å². The number of phenolic OH excluding ortho intramolecular Hbond substituents is 1. The van der Waals surface area contributed by atoms with Gasteiger partial charge in [0.15, 0.2) is 11.5 Å². The first-order valence-electron chi connectivity index (χ1n) is 6.93. The highest BCUT2D eigenvalue weighted by Gasteiger charge is 2.09. The molecule has 1 rings (SSSR count). The van der Waals surface area contributed by atoms with Crippen LogP contribution in [0.4, 0.5) is 0 Å². The Balaban J connectivity index is 2.46. The molecule has 1 atom stereocenters. The van der Waals surface area contributed by atoms with Gasteiger partial charge in [0.2, 0.25) is 0 Å². The highest BCUT2D eigenvalue weighted by molar-refractivity contribution is 7.99. The number of ether oxygens (including phenoxy) is 1. The van der Waals surface area contributed by atoms with Crippen molar-refractivity contribution in [1.29, 1.82) is 0 Å². The summed E-state index contributed by atoms with van der Waals surface area (Å²) in [5.41, 5.74) is 0.890. The molecule has 1 unspecified atom stereocenters. The summed E-state index contributed by atoms with van der Waals surface area (Å²) in [6, 6.07) is 6.09. The monoisotopic (exact) mass is 283 g/mol. The minimum atomic E-state index is 0.256. The molecule has 0 amide bonds. The molecule has 4 heteroatoms. The minimum Gasteiger partial charge on any atom is -0.504 e. The molecular formula is C15H25NO2S. The molecule has 0 aliphatic heterocycles. The lowest BCUT2D eigenvalue weighted by Gasteiger charge is -2.15. The van der Waals surface area contributed by atoms with Gasteiger partial charge in [0.05, 0.1) is 6.61 Å². The van der Waals surface area contributed by atoms with E-state index in [0.717, 1.165) is 12.0 Å². The van der Waals surface area contributed by atoms with E-state index in [1.165, 1.54) is 11.5 Å². The number of para-hydroxylation sites is 1. The molecule has 0 radical (unpaired) electrons. The van der Waals surface area contributed by atoms with E-state index in [-0.39, 0.29) is 5.75 Å². The maximum absolute atomic E-state index is 10.1. The molecule has 2 N–H and O–H groups in total. The van der Waals surface area contributed by atoms with E-state index in [0.29, 0.717) is 24.9 Å². The van der Waals surface area contributed by atoms with Gasteiger partial charge in [-0.05, 0) is 37.8 Å². The van der Waals surface area contributed by atoms with Crippen LogP contribution in [0.5, 0.6) is 11.5 Å². The highest BCUT2D eigenvalue weighted by atomic mass is 32.2. The topological polar surface area (TPSA) is 41.5 Å². The summed E-state index contributed by atoms with van der Waals surface area (Å²) in [5, 5.41) is 13.5. The molecule has 19 heavy (non-hydrogen) atoms. The van der Waals surface area contributed by atoms with E-state index >= 15 is 0 Å². The summed E-state index contributed by atoms with van der Waals surface area (Å²) < 4.78 is 5.38. The van der Waals surface area contributed by atoms with Gasteiger partial charge in [0, 0.05) is 18.2 Å². The number of hydrogen-bond acceptors (Lipinski definition) is 4. The number of thioether (sulfide) groups is 1. The third kappa shape index (κ3) is 5.74. The Labute approximate surface area is 120 Å². The van der Waals surface area contributed by atoms with E-state index in [1.807, 2.05) is 30.8 Å². The highest BCUT2D eigenvalue weighted by Crippen LogP contribution is 2.29. The van der Waals surface area contributed by atoms with Crippen LogP contribution in [0.3, 0.4) is 0 Å². The zero-order valence-corrected chi connectivity index (χ0v) is 12.9. The number of phenols is 1. The molecule has 108 valence electrons. The van der Waals surface area contributed by atoms with Crippen LogP contribution in [0.15, 0.2) is 18.2 Å². The second kappa shape index (κ2) is 9.10. The molecule has 0 spiro atoms. The zero-order valence-electron chi connectivity index (χ0n) is 12.1. The lowest BCUT2D eigenvalue weighted by Crippen LogP contribution is -2.26. The molecule has 0 saturated heterocycles. The van der Waals surface area contributed by atoms with E-state index in [9.17, 15) is 5.11 Å². The number of aromatic hydroxyl groups is 1. The maximum atomic E-state index is 10.1. The molecule has 1 aromatic carbocycles. The predicted molar refractivity (Wildman–Crippen MR) is 83.2 cm³/mol. The molecule has 0 fully saturated rings. The largest absolute Gasteiger partial charge is 0.504 e. The third-order valence-electron chi connectivity index (χ3n) is 2.92. The Morgan fingerprint density at radius 1 is 1.37 bits per heavy atom. The van der Waals surface area contributed by atoms with E-state index in [2.05, 4.69) is 19.2 Å². The van der Waals surface area contributed by atoms with Gasteiger partial charge in [-0.1, -0.05) is 19.1 Å². The summed E-state index contributed by atoms with van der Waals surface area (Å²) in [5.74, 6) is 3.17. The first-order valence-corrected chi connectivity index (χ1v) is 8.09. The summed E-state index contributed by atoms with van der Waals surface area (Å²) in [4.78, 5) is 0. The maximum Gasteiger partial charge on any atom is 0.162 e. The lowest BCUT2D eigenvalue weighted by atomic mass is 10.1. The van der Waals surface area contributed by atoms with Crippen molar-refractivity contribution in [2.45, 2.75) is 39.8 Å². The summed E-state index contributed by atoms with van der Waals surface area (Å²) >= 11 is 1.96. The van der Waals surface area contributed by atoms with Crippen molar-refractivity contribution in [3.63, 3.8) is 0 Å². The van der Waals surface area contributed by atoms with Crippen molar-refractivity contribution in [3.8, 4) is 11.5 Å². The molecule has 0 heterocycles. The Hall–Kier alpha value is -0.870. The Kier molecular flexibility index (Phi) is 7.75. The standard InChI is InChI=1S/C15H25NO2S/c1-4-18-14-8-6-7-13(15(14)17)11-16-12(3)9-10-19-5-2/h6-8,12,16-17H,4-5,9-11H2,1-3H3. The Morgan fingerprint density at radius 3 is 2.84 bits per heavy atom. The van der Waals surface area contributed by atoms with E-state index in [4.69, 9.17) is 4.74 Å². The van der Waals surface area contributed by atoms with E-state index < -0.39 is 0 Å². The molecule has 0 bridgehead atoms. The fraction of sp³-hybridized carbons (Fsp3) is 0.600. The average molecular weight is 283 g/mol. The van der Waals surface area contributed by atoms with Crippen LogP contribution in [-0.2, 0) is 6.54 Å². The van der Waals surface area contributed by atoms with Gasteiger partial charge in [-0.25, -0.2) is 0 Å². The van der Waals surface area contributed by atoms with Crippen LogP contribution in [0.2, 0.25) is 0 Å². The molecule has 0 aliphatic rings. The molecule has 1 aromatic rings. The molecule has 0 aliphatic carbocycles. The summed E-state index contributed by atoms with van der Waals surface area (Å²) in [6.45, 7) is 7.51. The Bertz CT molecular complexity index is 371. The zero-order chi connectivity index (χ0) is 14.1. The summed E-state index contributed by atoms with van der Waals surface area (Å²) in [7, 11) is 0. The Morgan fingerprint density at radius 2 is 2.16 bits per heavy atom. The van der Waals surface area contributed by atoms with Crippen molar-refractivity contribution in [2.24, 2.45) is 0 Å². The SMILES string of the molecule is CCOc1cccc(CNC(C)CCSCC)c1O. The van der Waals surface area contributed by atoms with Gasteiger partial charge in [-0.2, -0.15) is 11.8 Å². The van der Waals surface area contributed by atoms with Gasteiger partial charge in [0.1, 0.15) is 0 Å². The first-order chi connectivity index (χ1) is 9.19. The number of hydrogen-bond donors (Lipinski definition) is 2. The summed E-state index contributed by atoms with van der Waals surface area (Å²) in [6.07, 6.45) is 1.14. The molecule has 0 aromatic heterocycles. The fourth-order valence-electron chi connectivity index (χ4n) is 1.77. The van der Waals surface area contributed by atoms with Gasteiger partial charge < -0.3 is 15.2 Å². The van der Waals surface area contributed by atoms with Crippen molar-refractivity contribution >= 4 is 11.8 Å². The third-order valence-corrected chi connectivity index (χ3v) is 3.86. The van der Waals surface area contributed by atoms with Crippen LogP contribution in [-0.4, -0.2) is 29.3 Å². The molecule has 3 nitrogen and oxygen atoms in total. The van der Waals surface area contributed by atoms with Crippen LogP contribution in [0.25, 0.3) is 0 Å². The molecular weight excluding hydrogens is 258 g/mol. The quantitative estimate of drug-likeness (QED) is 0.682. The van der Waals surface area contributed by atoms with Gasteiger partial charge in [0.25, 0.3) is 0 Å². The first kappa shape index (κ1) is 16.2.